The van der Waals surface area contributed by atoms with Gasteiger partial charge in [0.2, 0.25) is 0 Å². The molecule has 0 unspecified atom stereocenters. The maximum atomic E-state index is 13.5. The highest BCUT2D eigenvalue weighted by atomic mass is 35.5. The predicted molar refractivity (Wildman–Crippen MR) is 131 cm³/mol. The molecule has 7 nitrogen and oxygen atoms in total. The van der Waals surface area contributed by atoms with Crippen molar-refractivity contribution >= 4 is 45.2 Å². The van der Waals surface area contributed by atoms with Crippen LogP contribution in [-0.2, 0) is 5.75 Å². The van der Waals surface area contributed by atoms with Gasteiger partial charge in [-0.05, 0) is 42.5 Å². The van der Waals surface area contributed by atoms with Crippen LogP contribution in [0.25, 0.3) is 27.5 Å². The number of halogens is 1. The van der Waals surface area contributed by atoms with E-state index in [1.165, 1.54) is 16.3 Å². The molecule has 0 radical (unpaired) electrons. The highest BCUT2D eigenvalue weighted by molar-refractivity contribution is 7.98. The van der Waals surface area contributed by atoms with Crippen LogP contribution in [0.3, 0.4) is 0 Å². The Bertz CT molecular complexity index is 1630. The highest BCUT2D eigenvalue weighted by Gasteiger charge is 2.17. The normalized spacial score (nSPS) is 11.2. The molecule has 0 aliphatic heterocycles. The number of hydrogen-bond acceptors (Lipinski definition) is 6. The van der Waals surface area contributed by atoms with Crippen molar-refractivity contribution in [1.29, 1.82) is 0 Å². The maximum Gasteiger partial charge on any atom is 0.266 e. The molecule has 2 heterocycles. The van der Waals surface area contributed by atoms with Crippen molar-refractivity contribution in [3.8, 4) is 11.4 Å². The van der Waals surface area contributed by atoms with E-state index in [1.807, 2.05) is 18.2 Å². The zero-order chi connectivity index (χ0) is 22.9. The molecule has 0 atom stereocenters. The lowest BCUT2D eigenvalue weighted by molar-refractivity contribution is 0.411. The van der Waals surface area contributed by atoms with E-state index in [9.17, 15) is 9.59 Å². The molecule has 0 aliphatic rings. The summed E-state index contributed by atoms with van der Waals surface area (Å²) in [6.07, 6.45) is 0. The van der Waals surface area contributed by atoms with Gasteiger partial charge in [0.05, 0.1) is 40.4 Å². The van der Waals surface area contributed by atoms with Gasteiger partial charge in [-0.15, -0.1) is 0 Å². The van der Waals surface area contributed by atoms with Gasteiger partial charge in [-0.3, -0.25) is 14.2 Å². The van der Waals surface area contributed by atoms with Crippen molar-refractivity contribution in [3.63, 3.8) is 0 Å². The number of nitrogens with one attached hydrogen (secondary N) is 1. The van der Waals surface area contributed by atoms with E-state index in [0.29, 0.717) is 49.2 Å². The van der Waals surface area contributed by atoms with Gasteiger partial charge < -0.3 is 9.72 Å². The summed E-state index contributed by atoms with van der Waals surface area (Å²) < 4.78 is 7.02. The van der Waals surface area contributed by atoms with Gasteiger partial charge in [-0.1, -0.05) is 47.6 Å². The van der Waals surface area contributed by atoms with Crippen molar-refractivity contribution in [1.82, 2.24) is 19.5 Å². The second-order valence-electron chi connectivity index (χ2n) is 7.19. The minimum Gasteiger partial charge on any atom is -0.495 e. The van der Waals surface area contributed by atoms with Crippen LogP contribution in [0.2, 0.25) is 5.02 Å². The van der Waals surface area contributed by atoms with Crippen LogP contribution in [-0.4, -0.2) is 26.6 Å². The lowest BCUT2D eigenvalue weighted by Gasteiger charge is -2.15. The second kappa shape index (κ2) is 8.73. The molecule has 0 saturated heterocycles. The van der Waals surface area contributed by atoms with E-state index < -0.39 is 0 Å². The molecular weight excluding hydrogens is 460 g/mol. The zero-order valence-corrected chi connectivity index (χ0v) is 19.0. The number of ether oxygens (including phenoxy) is 1. The third-order valence-electron chi connectivity index (χ3n) is 5.13. The third-order valence-corrected chi connectivity index (χ3v) is 6.31. The summed E-state index contributed by atoms with van der Waals surface area (Å²) in [5.74, 6) is 1.29. The van der Waals surface area contributed by atoms with Crippen molar-refractivity contribution < 1.29 is 4.74 Å². The van der Waals surface area contributed by atoms with Crippen molar-refractivity contribution in [2.75, 3.05) is 7.11 Å². The molecule has 0 saturated carbocycles. The van der Waals surface area contributed by atoms with Gasteiger partial charge in [0.25, 0.3) is 11.1 Å². The lowest BCUT2D eigenvalue weighted by atomic mass is 10.2. The Kier molecular flexibility index (Phi) is 5.62. The minimum absolute atomic E-state index is 0.209. The first-order valence-electron chi connectivity index (χ1n) is 10.0. The number of hydrogen-bond donors (Lipinski definition) is 1. The number of aromatic amines is 1. The minimum atomic E-state index is -0.249. The summed E-state index contributed by atoms with van der Waals surface area (Å²) in [5.41, 5.74) is 1.22. The molecular formula is C24H17ClN4O3S. The molecule has 2 aromatic heterocycles. The van der Waals surface area contributed by atoms with Crippen LogP contribution < -0.4 is 15.9 Å². The molecule has 3 aromatic carbocycles. The van der Waals surface area contributed by atoms with E-state index in [0.717, 1.165) is 0 Å². The Hall–Kier alpha value is -3.62. The lowest BCUT2D eigenvalue weighted by Crippen LogP contribution is -2.22. The molecule has 5 aromatic rings. The van der Waals surface area contributed by atoms with Gasteiger partial charge in [0.1, 0.15) is 11.6 Å². The monoisotopic (exact) mass is 476 g/mol. The highest BCUT2D eigenvalue weighted by Crippen LogP contribution is 2.28. The number of rotatable bonds is 5. The standard InChI is InChI=1S/C24H17ClN4O3S/c1-32-20-9-5-4-8-19(20)29-23(31)16-6-2-3-7-17(16)27-24(29)33-13-21-26-18-12-14(25)10-11-15(18)22(30)28-21/h2-12H,13H2,1H3,(H,26,28,30). The van der Waals surface area contributed by atoms with Gasteiger partial charge in [-0.25, -0.2) is 9.97 Å². The number of thioether (sulfide) groups is 1. The zero-order valence-electron chi connectivity index (χ0n) is 17.4. The summed E-state index contributed by atoms with van der Waals surface area (Å²) >= 11 is 7.36. The number of para-hydroxylation sites is 3. The van der Waals surface area contributed by atoms with Crippen molar-refractivity contribution in [2.45, 2.75) is 10.9 Å². The molecule has 0 aliphatic carbocycles. The van der Waals surface area contributed by atoms with Crippen LogP contribution in [0.15, 0.2) is 81.5 Å². The van der Waals surface area contributed by atoms with E-state index in [4.69, 9.17) is 21.3 Å². The summed E-state index contributed by atoms with van der Waals surface area (Å²) in [4.78, 5) is 38.0. The Morgan fingerprint density at radius 1 is 0.970 bits per heavy atom. The van der Waals surface area contributed by atoms with Crippen LogP contribution in [0.1, 0.15) is 5.82 Å². The first kappa shape index (κ1) is 21.2. The van der Waals surface area contributed by atoms with E-state index in [2.05, 4.69) is 9.97 Å². The van der Waals surface area contributed by atoms with Crippen LogP contribution in [0, 0.1) is 0 Å². The van der Waals surface area contributed by atoms with Crippen LogP contribution >= 0.6 is 23.4 Å². The average Bonchev–Trinajstić information content (AvgIpc) is 2.82. The summed E-state index contributed by atoms with van der Waals surface area (Å²) in [5, 5.41) is 1.92. The molecule has 0 fully saturated rings. The summed E-state index contributed by atoms with van der Waals surface area (Å²) in [6.45, 7) is 0. The van der Waals surface area contributed by atoms with Crippen molar-refractivity contribution in [2.24, 2.45) is 0 Å². The summed E-state index contributed by atoms with van der Waals surface area (Å²) in [6, 6.07) is 19.4. The number of fused-ring (bicyclic) bond motifs is 2. The van der Waals surface area contributed by atoms with E-state index in [-0.39, 0.29) is 16.9 Å². The Balaban J connectivity index is 1.63. The maximum absolute atomic E-state index is 13.5. The molecule has 9 heteroatoms. The van der Waals surface area contributed by atoms with Crippen LogP contribution in [0.5, 0.6) is 5.75 Å². The third kappa shape index (κ3) is 3.99. The molecule has 5 rings (SSSR count). The van der Waals surface area contributed by atoms with E-state index >= 15 is 0 Å². The first-order chi connectivity index (χ1) is 16.0. The van der Waals surface area contributed by atoms with Crippen LogP contribution in [0.4, 0.5) is 0 Å². The number of aromatic nitrogens is 4. The van der Waals surface area contributed by atoms with Crippen molar-refractivity contribution in [3.05, 3.63) is 98.3 Å². The quantitative estimate of drug-likeness (QED) is 0.295. The summed E-state index contributed by atoms with van der Waals surface area (Å²) in [7, 11) is 1.56. The fraction of sp³-hybridized carbons (Fsp3) is 0.0833. The second-order valence-corrected chi connectivity index (χ2v) is 8.57. The Morgan fingerprint density at radius 2 is 1.76 bits per heavy atom. The number of nitrogens with zero attached hydrogens (tertiary/aromatic N) is 3. The van der Waals surface area contributed by atoms with Gasteiger partial charge >= 0.3 is 0 Å². The average molecular weight is 477 g/mol. The molecule has 33 heavy (non-hydrogen) atoms. The predicted octanol–water partition coefficient (Wildman–Crippen LogP) is 4.58. The topological polar surface area (TPSA) is 89.9 Å². The number of methoxy groups -OCH3 is 1. The molecule has 1 N–H and O–H groups in total. The molecule has 164 valence electrons. The molecule has 0 spiro atoms. The largest absolute Gasteiger partial charge is 0.495 e. The molecule has 0 amide bonds. The smallest absolute Gasteiger partial charge is 0.266 e. The van der Waals surface area contributed by atoms with Gasteiger partial charge in [0, 0.05) is 5.02 Å². The fourth-order valence-electron chi connectivity index (χ4n) is 3.60. The van der Waals surface area contributed by atoms with Gasteiger partial charge in [0.15, 0.2) is 5.16 Å². The fourth-order valence-corrected chi connectivity index (χ4v) is 4.64. The van der Waals surface area contributed by atoms with E-state index in [1.54, 1.807) is 55.6 Å². The SMILES string of the molecule is COc1ccccc1-n1c(SCc2nc3cc(Cl)ccc3c(=O)[nH]2)nc2ccccc2c1=O. The number of benzene rings is 3. The first-order valence-corrected chi connectivity index (χ1v) is 11.4. The van der Waals surface area contributed by atoms with Gasteiger partial charge in [-0.2, -0.15) is 0 Å². The Morgan fingerprint density at radius 3 is 2.61 bits per heavy atom. The molecule has 0 bridgehead atoms. The Labute approximate surface area is 197 Å². The number of H-pyrrole nitrogens is 1.